The summed E-state index contributed by atoms with van der Waals surface area (Å²) in [6.07, 6.45) is 4.11. The first kappa shape index (κ1) is 23.7. The summed E-state index contributed by atoms with van der Waals surface area (Å²) in [5.41, 5.74) is 1.94. The maximum absolute atomic E-state index is 12.6. The molecule has 180 valence electrons. The van der Waals surface area contributed by atoms with Gasteiger partial charge in [-0.1, -0.05) is 0 Å². The van der Waals surface area contributed by atoms with Crippen molar-refractivity contribution in [3.8, 4) is 5.88 Å². The zero-order chi connectivity index (χ0) is 24.1. The number of anilines is 2. The first-order valence-corrected chi connectivity index (χ1v) is 11.7. The van der Waals surface area contributed by atoms with Gasteiger partial charge in [0.25, 0.3) is 5.91 Å². The molecule has 34 heavy (non-hydrogen) atoms. The lowest BCUT2D eigenvalue weighted by atomic mass is 10.1. The average molecular weight is 466 g/mol. The molecule has 2 unspecified atom stereocenters. The Bertz CT molecular complexity index is 1020. The SMILES string of the molecule is COc1ccc(C(=O)NCC2CC(=O)N(c3ccc(NC(=O)C(C)N4CCCC4)cc3)C2)cn1. The Morgan fingerprint density at radius 1 is 1.15 bits per heavy atom. The van der Waals surface area contributed by atoms with Crippen molar-refractivity contribution in [2.75, 3.05) is 43.5 Å². The predicted molar refractivity (Wildman–Crippen MR) is 129 cm³/mol. The first-order valence-electron chi connectivity index (χ1n) is 11.7. The molecular weight excluding hydrogens is 434 g/mol. The van der Waals surface area contributed by atoms with Gasteiger partial charge in [-0.05, 0) is 63.2 Å². The fourth-order valence-corrected chi connectivity index (χ4v) is 4.41. The number of hydrogen-bond donors (Lipinski definition) is 2. The number of nitrogens with zero attached hydrogens (tertiary/aromatic N) is 3. The lowest BCUT2D eigenvalue weighted by Gasteiger charge is -2.23. The number of rotatable bonds is 8. The van der Waals surface area contributed by atoms with Crippen LogP contribution in [0.15, 0.2) is 42.6 Å². The molecule has 9 heteroatoms. The van der Waals surface area contributed by atoms with Crippen LogP contribution < -0.4 is 20.3 Å². The van der Waals surface area contributed by atoms with Gasteiger partial charge in [0.15, 0.2) is 0 Å². The van der Waals surface area contributed by atoms with E-state index in [1.807, 2.05) is 31.2 Å². The molecule has 3 heterocycles. The number of hydrogen-bond acceptors (Lipinski definition) is 6. The van der Waals surface area contributed by atoms with Gasteiger partial charge in [-0.2, -0.15) is 0 Å². The van der Waals surface area contributed by atoms with E-state index < -0.39 is 0 Å². The molecular formula is C25H31N5O4. The van der Waals surface area contributed by atoms with Gasteiger partial charge in [0.1, 0.15) is 0 Å². The molecule has 2 aromatic rings. The summed E-state index contributed by atoms with van der Waals surface area (Å²) in [5, 5.41) is 5.85. The number of pyridine rings is 1. The fourth-order valence-electron chi connectivity index (χ4n) is 4.41. The molecule has 0 saturated carbocycles. The third-order valence-corrected chi connectivity index (χ3v) is 6.48. The zero-order valence-electron chi connectivity index (χ0n) is 19.6. The molecule has 2 saturated heterocycles. The molecule has 2 N–H and O–H groups in total. The van der Waals surface area contributed by atoms with Crippen molar-refractivity contribution in [3.05, 3.63) is 48.2 Å². The van der Waals surface area contributed by atoms with Crippen LogP contribution in [0.2, 0.25) is 0 Å². The molecule has 0 bridgehead atoms. The standard InChI is InChI=1S/C25H31N5O4/c1-17(29-11-3-4-12-29)24(32)28-20-6-8-21(9-7-20)30-16-18(13-23(30)31)14-27-25(33)19-5-10-22(34-2)26-15-19/h5-10,15,17-18H,3-4,11-14,16H2,1-2H3,(H,27,33)(H,28,32). The molecule has 0 spiro atoms. The molecule has 2 aliphatic rings. The monoisotopic (exact) mass is 465 g/mol. The summed E-state index contributed by atoms with van der Waals surface area (Å²) in [5.74, 6) is 0.229. The van der Waals surface area contributed by atoms with Crippen LogP contribution in [-0.4, -0.2) is 66.9 Å². The summed E-state index contributed by atoms with van der Waals surface area (Å²) in [4.78, 5) is 45.4. The van der Waals surface area contributed by atoms with Crippen molar-refractivity contribution in [3.63, 3.8) is 0 Å². The van der Waals surface area contributed by atoms with Crippen LogP contribution in [0.3, 0.4) is 0 Å². The molecule has 0 aliphatic carbocycles. The molecule has 4 rings (SSSR count). The third kappa shape index (κ3) is 5.53. The van der Waals surface area contributed by atoms with Crippen molar-refractivity contribution in [2.45, 2.75) is 32.2 Å². The number of ether oxygens (including phenoxy) is 1. The van der Waals surface area contributed by atoms with E-state index in [-0.39, 0.29) is 29.7 Å². The predicted octanol–water partition coefficient (Wildman–Crippen LogP) is 2.30. The van der Waals surface area contributed by atoms with Crippen LogP contribution in [-0.2, 0) is 9.59 Å². The number of likely N-dealkylation sites (tertiary alicyclic amines) is 1. The van der Waals surface area contributed by atoms with Gasteiger partial charge in [0, 0.05) is 49.1 Å². The minimum Gasteiger partial charge on any atom is -0.481 e. The van der Waals surface area contributed by atoms with Crippen LogP contribution in [0.1, 0.15) is 36.5 Å². The van der Waals surface area contributed by atoms with Crippen molar-refractivity contribution in [1.29, 1.82) is 0 Å². The second kappa shape index (κ2) is 10.6. The van der Waals surface area contributed by atoms with Gasteiger partial charge >= 0.3 is 0 Å². The maximum atomic E-state index is 12.6. The molecule has 0 radical (unpaired) electrons. The van der Waals surface area contributed by atoms with Crippen molar-refractivity contribution in [2.24, 2.45) is 5.92 Å². The van der Waals surface area contributed by atoms with E-state index in [0.29, 0.717) is 36.6 Å². The molecule has 1 aromatic carbocycles. The smallest absolute Gasteiger partial charge is 0.252 e. The Morgan fingerprint density at radius 3 is 2.53 bits per heavy atom. The topological polar surface area (TPSA) is 104 Å². The van der Waals surface area contributed by atoms with E-state index in [1.54, 1.807) is 17.0 Å². The number of carbonyl (C=O) groups excluding carboxylic acids is 3. The number of methoxy groups -OCH3 is 1. The minimum atomic E-state index is -0.232. The Hall–Kier alpha value is -3.46. The summed E-state index contributed by atoms with van der Waals surface area (Å²) >= 11 is 0. The first-order chi connectivity index (χ1) is 16.4. The summed E-state index contributed by atoms with van der Waals surface area (Å²) in [7, 11) is 1.52. The Kier molecular flexibility index (Phi) is 7.42. The summed E-state index contributed by atoms with van der Waals surface area (Å²) in [6, 6.07) is 10.5. The van der Waals surface area contributed by atoms with Crippen LogP contribution in [0, 0.1) is 5.92 Å². The van der Waals surface area contributed by atoms with Gasteiger partial charge < -0.3 is 20.3 Å². The second-order valence-corrected chi connectivity index (χ2v) is 8.83. The van der Waals surface area contributed by atoms with Crippen molar-refractivity contribution < 1.29 is 19.1 Å². The van der Waals surface area contributed by atoms with Gasteiger partial charge in [-0.25, -0.2) is 4.98 Å². The largest absolute Gasteiger partial charge is 0.481 e. The number of amides is 3. The number of aromatic nitrogens is 1. The number of nitrogens with one attached hydrogen (secondary N) is 2. The van der Waals surface area contributed by atoms with Crippen LogP contribution in [0.25, 0.3) is 0 Å². The summed E-state index contributed by atoms with van der Waals surface area (Å²) in [6.45, 7) is 4.78. The number of carbonyl (C=O) groups is 3. The highest BCUT2D eigenvalue weighted by molar-refractivity contribution is 5.97. The van der Waals surface area contributed by atoms with Gasteiger partial charge in [-0.3, -0.25) is 19.3 Å². The van der Waals surface area contributed by atoms with Crippen molar-refractivity contribution in [1.82, 2.24) is 15.2 Å². The van der Waals surface area contributed by atoms with E-state index in [0.717, 1.165) is 31.6 Å². The molecule has 1 aromatic heterocycles. The van der Waals surface area contributed by atoms with Gasteiger partial charge in [0.2, 0.25) is 17.7 Å². The molecule has 2 atom stereocenters. The van der Waals surface area contributed by atoms with E-state index in [2.05, 4.69) is 20.5 Å². The lowest BCUT2D eigenvalue weighted by molar-refractivity contribution is -0.120. The van der Waals surface area contributed by atoms with E-state index >= 15 is 0 Å². The Balaban J connectivity index is 1.28. The molecule has 2 aliphatic heterocycles. The van der Waals surface area contributed by atoms with Crippen LogP contribution >= 0.6 is 0 Å². The zero-order valence-corrected chi connectivity index (χ0v) is 19.6. The quantitative estimate of drug-likeness (QED) is 0.620. The normalized spacial score (nSPS) is 19.2. The van der Waals surface area contributed by atoms with E-state index in [4.69, 9.17) is 4.74 Å². The highest BCUT2D eigenvalue weighted by Crippen LogP contribution is 2.26. The van der Waals surface area contributed by atoms with Gasteiger partial charge in [0.05, 0.1) is 18.7 Å². The molecule has 3 amide bonds. The van der Waals surface area contributed by atoms with Crippen LogP contribution in [0.4, 0.5) is 11.4 Å². The average Bonchev–Trinajstić information content (AvgIpc) is 3.52. The van der Waals surface area contributed by atoms with E-state index in [9.17, 15) is 14.4 Å². The molecule has 9 nitrogen and oxygen atoms in total. The summed E-state index contributed by atoms with van der Waals surface area (Å²) < 4.78 is 5.00. The lowest BCUT2D eigenvalue weighted by Crippen LogP contribution is -2.40. The van der Waals surface area contributed by atoms with Crippen LogP contribution in [0.5, 0.6) is 5.88 Å². The maximum Gasteiger partial charge on any atom is 0.252 e. The Labute approximate surface area is 199 Å². The highest BCUT2D eigenvalue weighted by atomic mass is 16.5. The number of benzene rings is 1. The fraction of sp³-hybridized carbons (Fsp3) is 0.440. The van der Waals surface area contributed by atoms with Gasteiger partial charge in [-0.15, -0.1) is 0 Å². The van der Waals surface area contributed by atoms with Crippen molar-refractivity contribution >= 4 is 29.1 Å². The third-order valence-electron chi connectivity index (χ3n) is 6.48. The van der Waals surface area contributed by atoms with E-state index in [1.165, 1.54) is 13.3 Å². The second-order valence-electron chi connectivity index (χ2n) is 8.83. The molecule has 2 fully saturated rings. The highest BCUT2D eigenvalue weighted by Gasteiger charge is 2.31. The minimum absolute atomic E-state index is 0.0170. The Morgan fingerprint density at radius 2 is 1.88 bits per heavy atom.